The number of carbonyl (C=O) groups is 1. The zero-order valence-corrected chi connectivity index (χ0v) is 12.8. The van der Waals surface area contributed by atoms with Crippen molar-refractivity contribution in [3.63, 3.8) is 0 Å². The van der Waals surface area contributed by atoms with Gasteiger partial charge in [-0.2, -0.15) is 0 Å². The topological polar surface area (TPSA) is 68.0 Å². The third-order valence-corrected chi connectivity index (χ3v) is 3.74. The van der Waals surface area contributed by atoms with E-state index in [1.54, 1.807) is 41.7 Å². The molecule has 0 aliphatic heterocycles. The summed E-state index contributed by atoms with van der Waals surface area (Å²) in [5.41, 5.74) is 0.689. The number of nitrogens with zero attached hydrogens (tertiary/aromatic N) is 2. The highest BCUT2D eigenvalue weighted by molar-refractivity contribution is 7.10. The molecule has 0 radical (unpaired) electrons. The quantitative estimate of drug-likeness (QED) is 0.731. The van der Waals surface area contributed by atoms with Gasteiger partial charge in [0.05, 0.1) is 0 Å². The molecule has 110 valence electrons. The molecule has 2 aromatic heterocycles. The van der Waals surface area contributed by atoms with Crippen LogP contribution in [0, 0.1) is 0 Å². The molecule has 3 rings (SSSR count). The fourth-order valence-electron chi connectivity index (χ4n) is 1.70. The number of amides is 1. The molecule has 5 nitrogen and oxygen atoms in total. The van der Waals surface area contributed by atoms with E-state index in [-0.39, 0.29) is 11.9 Å². The second-order valence-corrected chi connectivity index (χ2v) is 5.68. The maximum absolute atomic E-state index is 11.8. The molecule has 1 N–H and O–H groups in total. The van der Waals surface area contributed by atoms with Gasteiger partial charge < -0.3 is 4.42 Å². The molecule has 0 bridgehead atoms. The molecule has 0 atom stereocenters. The smallest absolute Gasteiger partial charge is 0.322 e. The van der Waals surface area contributed by atoms with Gasteiger partial charge in [0.15, 0.2) is 0 Å². The Hall–Kier alpha value is -2.44. The number of nitrogens with one attached hydrogen (secondary N) is 1. The lowest BCUT2D eigenvalue weighted by Crippen LogP contribution is -2.07. The Labute approximate surface area is 135 Å². The molecule has 0 spiro atoms. The first-order chi connectivity index (χ1) is 10.7. The lowest BCUT2D eigenvalue weighted by molar-refractivity contribution is -0.112. The van der Waals surface area contributed by atoms with Crippen molar-refractivity contribution in [1.82, 2.24) is 10.2 Å². The monoisotopic (exact) mass is 331 g/mol. The van der Waals surface area contributed by atoms with Crippen molar-refractivity contribution in [3.8, 4) is 11.5 Å². The molecule has 2 heterocycles. The Morgan fingerprint density at radius 2 is 2.18 bits per heavy atom. The van der Waals surface area contributed by atoms with E-state index in [1.165, 1.54) is 6.08 Å². The molecule has 0 aliphatic carbocycles. The molecular weight excluding hydrogens is 322 g/mol. The standard InChI is InChI=1S/C15H10ClN3O2S/c16-11-4-1-3-10(9-11)14-18-19-15(21-14)17-13(20)7-6-12-5-2-8-22-12/h1-9H,(H,17,19,20). The number of carbonyl (C=O) groups excluding carboxylic acids is 1. The second-order valence-electron chi connectivity index (χ2n) is 4.26. The minimum atomic E-state index is -0.338. The fourth-order valence-corrected chi connectivity index (χ4v) is 2.51. The predicted molar refractivity (Wildman–Crippen MR) is 86.7 cm³/mol. The zero-order chi connectivity index (χ0) is 15.4. The Bertz CT molecular complexity index is 812. The molecule has 1 amide bonds. The number of thiophene rings is 1. The van der Waals surface area contributed by atoms with Crippen LogP contribution in [-0.2, 0) is 4.79 Å². The summed E-state index contributed by atoms with van der Waals surface area (Å²) < 4.78 is 5.39. The van der Waals surface area contributed by atoms with E-state index >= 15 is 0 Å². The van der Waals surface area contributed by atoms with Crippen LogP contribution in [0.15, 0.2) is 52.3 Å². The van der Waals surface area contributed by atoms with Crippen LogP contribution in [0.2, 0.25) is 5.02 Å². The van der Waals surface area contributed by atoms with Crippen LogP contribution in [0.3, 0.4) is 0 Å². The van der Waals surface area contributed by atoms with Crippen molar-refractivity contribution in [2.75, 3.05) is 5.32 Å². The molecule has 0 unspecified atom stereocenters. The van der Waals surface area contributed by atoms with E-state index in [0.717, 1.165) is 4.88 Å². The van der Waals surface area contributed by atoms with Gasteiger partial charge in [-0.25, -0.2) is 0 Å². The highest BCUT2D eigenvalue weighted by atomic mass is 35.5. The molecule has 3 aromatic rings. The van der Waals surface area contributed by atoms with E-state index in [0.29, 0.717) is 16.5 Å². The molecule has 22 heavy (non-hydrogen) atoms. The molecule has 7 heteroatoms. The van der Waals surface area contributed by atoms with Crippen LogP contribution in [0.1, 0.15) is 4.88 Å². The summed E-state index contributed by atoms with van der Waals surface area (Å²) in [5.74, 6) is -0.0465. The van der Waals surface area contributed by atoms with Gasteiger partial charge in [0, 0.05) is 21.5 Å². The molecule has 0 saturated carbocycles. The minimum absolute atomic E-state index is 0.0378. The van der Waals surface area contributed by atoms with Gasteiger partial charge in [-0.3, -0.25) is 10.1 Å². The fraction of sp³-hybridized carbons (Fsp3) is 0. The zero-order valence-electron chi connectivity index (χ0n) is 11.2. The maximum Gasteiger partial charge on any atom is 0.322 e. The molecule has 0 fully saturated rings. The average molecular weight is 332 g/mol. The van der Waals surface area contributed by atoms with Crippen LogP contribution in [-0.4, -0.2) is 16.1 Å². The Kier molecular flexibility index (Phi) is 4.32. The van der Waals surface area contributed by atoms with Gasteiger partial charge in [0.25, 0.3) is 5.91 Å². The van der Waals surface area contributed by atoms with Crippen molar-refractivity contribution in [3.05, 3.63) is 57.8 Å². The highest BCUT2D eigenvalue weighted by Crippen LogP contribution is 2.22. The third kappa shape index (κ3) is 3.60. The van der Waals surface area contributed by atoms with Gasteiger partial charge in [-0.05, 0) is 35.7 Å². The summed E-state index contributed by atoms with van der Waals surface area (Å²) in [5, 5.41) is 12.7. The molecule has 0 aliphatic rings. The first-order valence-electron chi connectivity index (χ1n) is 6.33. The molecular formula is C15H10ClN3O2S. The van der Waals surface area contributed by atoms with Crippen molar-refractivity contribution in [2.45, 2.75) is 0 Å². The first-order valence-corrected chi connectivity index (χ1v) is 7.58. The lowest BCUT2D eigenvalue weighted by Gasteiger charge is -1.95. The lowest BCUT2D eigenvalue weighted by atomic mass is 10.2. The normalized spacial score (nSPS) is 11.0. The minimum Gasteiger partial charge on any atom is -0.403 e. The summed E-state index contributed by atoms with van der Waals surface area (Å²) in [6, 6.07) is 10.9. The van der Waals surface area contributed by atoms with Crippen molar-refractivity contribution < 1.29 is 9.21 Å². The Balaban J connectivity index is 1.68. The van der Waals surface area contributed by atoms with E-state index in [4.69, 9.17) is 16.0 Å². The van der Waals surface area contributed by atoms with Gasteiger partial charge >= 0.3 is 6.01 Å². The van der Waals surface area contributed by atoms with Crippen LogP contribution in [0.5, 0.6) is 0 Å². The Morgan fingerprint density at radius 1 is 1.27 bits per heavy atom. The van der Waals surface area contributed by atoms with Crippen molar-refractivity contribution >= 4 is 40.9 Å². The van der Waals surface area contributed by atoms with Crippen LogP contribution in [0.4, 0.5) is 6.01 Å². The number of hydrogen-bond donors (Lipinski definition) is 1. The van der Waals surface area contributed by atoms with Gasteiger partial charge in [-0.15, -0.1) is 16.4 Å². The van der Waals surface area contributed by atoms with Crippen molar-refractivity contribution in [2.24, 2.45) is 0 Å². The predicted octanol–water partition coefficient (Wildman–Crippen LogP) is 4.10. The Morgan fingerprint density at radius 3 is 2.95 bits per heavy atom. The van der Waals surface area contributed by atoms with Crippen LogP contribution < -0.4 is 5.32 Å². The van der Waals surface area contributed by atoms with Crippen LogP contribution in [0.25, 0.3) is 17.5 Å². The molecule has 0 saturated heterocycles. The van der Waals surface area contributed by atoms with Gasteiger partial charge in [-0.1, -0.05) is 28.8 Å². The average Bonchev–Trinajstić information content (AvgIpc) is 3.16. The third-order valence-electron chi connectivity index (χ3n) is 2.67. The number of anilines is 1. The summed E-state index contributed by atoms with van der Waals surface area (Å²) in [7, 11) is 0. The number of aromatic nitrogens is 2. The molecule has 1 aromatic carbocycles. The van der Waals surface area contributed by atoms with Gasteiger partial charge in [0.1, 0.15) is 0 Å². The maximum atomic E-state index is 11.8. The summed E-state index contributed by atoms with van der Waals surface area (Å²) in [6.07, 6.45) is 3.13. The summed E-state index contributed by atoms with van der Waals surface area (Å²) in [6.45, 7) is 0. The van der Waals surface area contributed by atoms with Crippen LogP contribution >= 0.6 is 22.9 Å². The van der Waals surface area contributed by atoms with E-state index in [9.17, 15) is 4.79 Å². The number of benzene rings is 1. The number of rotatable bonds is 4. The van der Waals surface area contributed by atoms with E-state index in [2.05, 4.69) is 15.5 Å². The SMILES string of the molecule is O=C(C=Cc1cccs1)Nc1nnc(-c2cccc(Cl)c2)o1. The second kappa shape index (κ2) is 6.55. The summed E-state index contributed by atoms with van der Waals surface area (Å²) in [4.78, 5) is 12.8. The van der Waals surface area contributed by atoms with Crippen molar-refractivity contribution in [1.29, 1.82) is 0 Å². The highest BCUT2D eigenvalue weighted by Gasteiger charge is 2.10. The largest absolute Gasteiger partial charge is 0.403 e. The number of halogens is 1. The number of hydrogen-bond acceptors (Lipinski definition) is 5. The summed E-state index contributed by atoms with van der Waals surface area (Å²) >= 11 is 7.45. The van der Waals surface area contributed by atoms with E-state index in [1.807, 2.05) is 17.5 Å². The van der Waals surface area contributed by atoms with E-state index < -0.39 is 0 Å². The first kappa shape index (κ1) is 14.5. The van der Waals surface area contributed by atoms with Gasteiger partial charge in [0.2, 0.25) is 5.89 Å².